The Bertz CT molecular complexity index is 551. The molecule has 0 aliphatic heterocycles. The highest BCUT2D eigenvalue weighted by atomic mass is 32.2. The van der Waals surface area contributed by atoms with Crippen LogP contribution < -0.4 is 4.72 Å². The largest absolute Gasteiger partial charge is 0.392 e. The second-order valence-electron chi connectivity index (χ2n) is 5.85. The molecule has 1 heterocycles. The van der Waals surface area contributed by atoms with Crippen molar-refractivity contribution < 1.29 is 13.5 Å². The number of rotatable bonds is 7. The first-order chi connectivity index (χ1) is 9.60. The number of pyridine rings is 1. The van der Waals surface area contributed by atoms with Gasteiger partial charge < -0.3 is 5.11 Å². The molecule has 0 saturated heterocycles. The SMILES string of the molecule is O=S(=O)(NCC(C1CC1)C1CC1)c1ccc(CO)cn1. The topological polar surface area (TPSA) is 79.3 Å². The number of aromatic nitrogens is 1. The molecule has 2 N–H and O–H groups in total. The van der Waals surface area contributed by atoms with Crippen LogP contribution in [0, 0.1) is 17.8 Å². The molecule has 0 amide bonds. The van der Waals surface area contributed by atoms with Crippen LogP contribution in [0.15, 0.2) is 23.4 Å². The number of hydrogen-bond acceptors (Lipinski definition) is 4. The molecule has 3 rings (SSSR count). The molecule has 5 nitrogen and oxygen atoms in total. The zero-order chi connectivity index (χ0) is 14.2. The molecule has 1 aromatic rings. The van der Waals surface area contributed by atoms with Gasteiger partial charge in [-0.15, -0.1) is 0 Å². The fraction of sp³-hybridized carbons (Fsp3) is 0.643. The molecule has 2 aliphatic carbocycles. The van der Waals surface area contributed by atoms with Crippen molar-refractivity contribution in [2.24, 2.45) is 17.8 Å². The summed E-state index contributed by atoms with van der Waals surface area (Å²) in [7, 11) is -3.53. The van der Waals surface area contributed by atoms with Crippen molar-refractivity contribution >= 4 is 10.0 Å². The molecule has 110 valence electrons. The summed E-state index contributed by atoms with van der Waals surface area (Å²) in [6, 6.07) is 3.03. The minimum absolute atomic E-state index is 0.0278. The number of nitrogens with one attached hydrogen (secondary N) is 1. The Morgan fingerprint density at radius 1 is 1.25 bits per heavy atom. The highest BCUT2D eigenvalue weighted by molar-refractivity contribution is 7.89. The number of aliphatic hydroxyl groups excluding tert-OH is 1. The quantitative estimate of drug-likeness (QED) is 0.794. The minimum Gasteiger partial charge on any atom is -0.392 e. The van der Waals surface area contributed by atoms with Crippen LogP contribution in [-0.4, -0.2) is 25.1 Å². The molecule has 6 heteroatoms. The van der Waals surface area contributed by atoms with E-state index in [-0.39, 0.29) is 11.6 Å². The molecule has 0 atom stereocenters. The van der Waals surface area contributed by atoms with Crippen LogP contribution in [0.1, 0.15) is 31.2 Å². The van der Waals surface area contributed by atoms with Crippen LogP contribution in [0.4, 0.5) is 0 Å². The summed E-state index contributed by atoms with van der Waals surface area (Å²) in [5.74, 6) is 1.94. The average molecular weight is 296 g/mol. The van der Waals surface area contributed by atoms with E-state index in [1.54, 1.807) is 6.07 Å². The number of hydrogen-bond donors (Lipinski definition) is 2. The molecule has 0 bridgehead atoms. The van der Waals surface area contributed by atoms with E-state index >= 15 is 0 Å². The molecule has 0 radical (unpaired) electrons. The van der Waals surface area contributed by atoms with Gasteiger partial charge in [-0.1, -0.05) is 6.07 Å². The van der Waals surface area contributed by atoms with Crippen LogP contribution in [-0.2, 0) is 16.6 Å². The predicted octanol–water partition coefficient (Wildman–Crippen LogP) is 1.29. The Labute approximate surface area is 119 Å². The summed E-state index contributed by atoms with van der Waals surface area (Å²) in [5.41, 5.74) is 0.609. The lowest BCUT2D eigenvalue weighted by molar-refractivity contribution is 0.281. The van der Waals surface area contributed by atoms with Crippen molar-refractivity contribution in [1.29, 1.82) is 0 Å². The van der Waals surface area contributed by atoms with E-state index in [4.69, 9.17) is 5.11 Å². The fourth-order valence-electron chi connectivity index (χ4n) is 2.71. The zero-order valence-corrected chi connectivity index (χ0v) is 12.1. The molecule has 1 aromatic heterocycles. The molecule has 20 heavy (non-hydrogen) atoms. The summed E-state index contributed by atoms with van der Waals surface area (Å²) in [6.07, 6.45) is 6.37. The third-order valence-corrected chi connectivity index (χ3v) is 5.56. The first-order valence-corrected chi connectivity index (χ1v) is 8.64. The Balaban J connectivity index is 1.64. The van der Waals surface area contributed by atoms with Gasteiger partial charge in [0.25, 0.3) is 10.0 Å². The normalized spacial score (nSPS) is 19.5. The van der Waals surface area contributed by atoms with Crippen LogP contribution in [0.3, 0.4) is 0 Å². The summed E-state index contributed by atoms with van der Waals surface area (Å²) < 4.78 is 27.1. The van der Waals surface area contributed by atoms with E-state index in [1.807, 2.05) is 0 Å². The fourth-order valence-corrected chi connectivity index (χ4v) is 3.71. The maximum Gasteiger partial charge on any atom is 0.258 e. The van der Waals surface area contributed by atoms with Crippen LogP contribution in [0.25, 0.3) is 0 Å². The van der Waals surface area contributed by atoms with Crippen molar-refractivity contribution in [1.82, 2.24) is 9.71 Å². The lowest BCUT2D eigenvalue weighted by Crippen LogP contribution is -2.31. The second kappa shape index (κ2) is 5.42. The molecular formula is C14H20N2O3S. The van der Waals surface area contributed by atoms with Gasteiger partial charge in [-0.2, -0.15) is 0 Å². The van der Waals surface area contributed by atoms with Gasteiger partial charge in [-0.25, -0.2) is 18.1 Å². The van der Waals surface area contributed by atoms with Gasteiger partial charge in [0.15, 0.2) is 5.03 Å². The van der Waals surface area contributed by atoms with E-state index < -0.39 is 10.0 Å². The van der Waals surface area contributed by atoms with Gasteiger partial charge >= 0.3 is 0 Å². The molecule has 2 aliphatic rings. The van der Waals surface area contributed by atoms with Crippen LogP contribution >= 0.6 is 0 Å². The summed E-state index contributed by atoms with van der Waals surface area (Å²) >= 11 is 0. The first kappa shape index (κ1) is 14.0. The molecule has 0 aromatic carbocycles. The zero-order valence-electron chi connectivity index (χ0n) is 11.3. The lowest BCUT2D eigenvalue weighted by Gasteiger charge is -2.16. The Morgan fingerprint density at radius 2 is 1.90 bits per heavy atom. The van der Waals surface area contributed by atoms with Crippen molar-refractivity contribution in [3.63, 3.8) is 0 Å². The first-order valence-electron chi connectivity index (χ1n) is 7.15. The Morgan fingerprint density at radius 3 is 2.35 bits per heavy atom. The maximum absolute atomic E-state index is 12.2. The van der Waals surface area contributed by atoms with Gasteiger partial charge in [0, 0.05) is 12.7 Å². The Hall–Kier alpha value is -0.980. The molecule has 0 unspecified atom stereocenters. The number of nitrogens with zero attached hydrogens (tertiary/aromatic N) is 1. The van der Waals surface area contributed by atoms with Crippen molar-refractivity contribution in [2.45, 2.75) is 37.3 Å². The van der Waals surface area contributed by atoms with Gasteiger partial charge in [0.2, 0.25) is 0 Å². The van der Waals surface area contributed by atoms with Crippen LogP contribution in [0.2, 0.25) is 0 Å². The van der Waals surface area contributed by atoms with E-state index in [0.29, 0.717) is 18.0 Å². The minimum atomic E-state index is -3.53. The van der Waals surface area contributed by atoms with Crippen molar-refractivity contribution in [2.75, 3.05) is 6.54 Å². The van der Waals surface area contributed by atoms with E-state index in [2.05, 4.69) is 9.71 Å². The summed E-state index contributed by atoms with van der Waals surface area (Å²) in [4.78, 5) is 3.91. The van der Waals surface area contributed by atoms with Gasteiger partial charge in [-0.05, 0) is 55.1 Å². The standard InChI is InChI=1S/C14H20N2O3S/c17-9-10-1-6-14(15-7-10)20(18,19)16-8-13(11-2-3-11)12-4-5-12/h1,6-7,11-13,16-17H,2-5,8-9H2. The number of aliphatic hydroxyl groups is 1. The van der Waals surface area contributed by atoms with E-state index in [1.165, 1.54) is 37.9 Å². The predicted molar refractivity (Wildman–Crippen MR) is 74.3 cm³/mol. The highest BCUT2D eigenvalue weighted by Gasteiger charge is 2.41. The van der Waals surface area contributed by atoms with Gasteiger partial charge in [0.1, 0.15) is 0 Å². The second-order valence-corrected chi connectivity index (χ2v) is 7.57. The summed E-state index contributed by atoms with van der Waals surface area (Å²) in [5, 5.41) is 8.97. The highest BCUT2D eigenvalue weighted by Crippen LogP contribution is 2.48. The third-order valence-electron chi connectivity index (χ3n) is 4.22. The van der Waals surface area contributed by atoms with Crippen LogP contribution in [0.5, 0.6) is 0 Å². The molecular weight excluding hydrogens is 276 g/mol. The molecule has 0 spiro atoms. The lowest BCUT2D eigenvalue weighted by atomic mass is 9.99. The number of sulfonamides is 1. The average Bonchev–Trinajstić information content (AvgIpc) is 3.32. The van der Waals surface area contributed by atoms with Crippen molar-refractivity contribution in [3.8, 4) is 0 Å². The summed E-state index contributed by atoms with van der Waals surface area (Å²) in [6.45, 7) is 0.396. The Kier molecular flexibility index (Phi) is 3.79. The maximum atomic E-state index is 12.2. The third kappa shape index (κ3) is 3.19. The van der Waals surface area contributed by atoms with Crippen molar-refractivity contribution in [3.05, 3.63) is 23.9 Å². The monoisotopic (exact) mass is 296 g/mol. The molecule has 2 saturated carbocycles. The van der Waals surface area contributed by atoms with E-state index in [0.717, 1.165) is 11.8 Å². The van der Waals surface area contributed by atoms with Gasteiger partial charge in [0.05, 0.1) is 6.61 Å². The smallest absolute Gasteiger partial charge is 0.258 e. The molecule has 2 fully saturated rings. The van der Waals surface area contributed by atoms with Gasteiger partial charge in [-0.3, -0.25) is 0 Å². The van der Waals surface area contributed by atoms with E-state index in [9.17, 15) is 8.42 Å².